The third-order valence-corrected chi connectivity index (χ3v) is 4.61. The second-order valence-corrected chi connectivity index (χ2v) is 8.94. The molecule has 1 heterocycles. The SMILES string of the molecule is Bc1cc(N/C(=N\I)c2nonc2NCCN/C(=N/S(C)(=O)=O)NC(C)C)ccc1F. The number of amidine groups is 1. The van der Waals surface area contributed by atoms with Crippen LogP contribution in [0.25, 0.3) is 0 Å². The molecule has 0 amide bonds. The highest BCUT2D eigenvalue weighted by Crippen LogP contribution is 2.15. The number of nitrogens with one attached hydrogen (secondary N) is 4. The maximum Gasteiger partial charge on any atom is 0.253 e. The lowest BCUT2D eigenvalue weighted by Gasteiger charge is -2.14. The van der Waals surface area contributed by atoms with Crippen molar-refractivity contribution in [3.8, 4) is 0 Å². The van der Waals surface area contributed by atoms with Gasteiger partial charge in [0.25, 0.3) is 10.0 Å². The lowest BCUT2D eigenvalue weighted by Crippen LogP contribution is -2.43. The Balaban J connectivity index is 2.01. The summed E-state index contributed by atoms with van der Waals surface area (Å²) in [5.74, 6) is 0.550. The number of rotatable bonds is 8. The Hall–Kier alpha value is -2.43. The van der Waals surface area contributed by atoms with Crippen LogP contribution < -0.4 is 26.7 Å². The lowest BCUT2D eigenvalue weighted by atomic mass is 9.95. The average molecular weight is 564 g/mol. The van der Waals surface area contributed by atoms with E-state index >= 15 is 0 Å². The molecule has 0 atom stereocenters. The molecule has 0 spiro atoms. The zero-order chi connectivity index (χ0) is 23.0. The minimum absolute atomic E-state index is 0.00380. The van der Waals surface area contributed by atoms with E-state index in [4.69, 9.17) is 4.63 Å². The van der Waals surface area contributed by atoms with Gasteiger partial charge < -0.3 is 21.3 Å². The maximum atomic E-state index is 13.5. The summed E-state index contributed by atoms with van der Waals surface area (Å²) in [5, 5.41) is 19.7. The van der Waals surface area contributed by atoms with E-state index in [1.165, 1.54) is 6.07 Å². The summed E-state index contributed by atoms with van der Waals surface area (Å²) >= 11 is 1.81. The molecule has 1 aromatic carbocycles. The molecule has 0 saturated carbocycles. The first-order valence-electron chi connectivity index (χ1n) is 9.18. The van der Waals surface area contributed by atoms with Crippen LogP contribution in [-0.4, -0.2) is 63.8 Å². The van der Waals surface area contributed by atoms with E-state index in [0.717, 1.165) is 6.26 Å². The van der Waals surface area contributed by atoms with E-state index in [1.54, 1.807) is 20.0 Å². The van der Waals surface area contributed by atoms with E-state index in [2.05, 4.69) is 39.2 Å². The monoisotopic (exact) mass is 564 g/mol. The van der Waals surface area contributed by atoms with Crippen LogP contribution >= 0.6 is 22.9 Å². The minimum Gasteiger partial charge on any atom is -0.363 e. The number of hydrogen-bond donors (Lipinski definition) is 4. The number of anilines is 2. The largest absolute Gasteiger partial charge is 0.363 e. The Kier molecular flexibility index (Phi) is 9.03. The number of nitrogens with zero attached hydrogens (tertiary/aromatic N) is 4. The summed E-state index contributed by atoms with van der Waals surface area (Å²) in [5.41, 5.74) is 1.45. The van der Waals surface area contributed by atoms with Crippen molar-refractivity contribution in [3.63, 3.8) is 0 Å². The van der Waals surface area contributed by atoms with Crippen molar-refractivity contribution in [3.05, 3.63) is 29.7 Å². The second-order valence-electron chi connectivity index (χ2n) is 6.81. The maximum absolute atomic E-state index is 13.5. The highest BCUT2D eigenvalue weighted by molar-refractivity contribution is 14.1. The average Bonchev–Trinajstić information content (AvgIpc) is 3.12. The van der Waals surface area contributed by atoms with Crippen LogP contribution in [0.15, 0.2) is 30.4 Å². The summed E-state index contributed by atoms with van der Waals surface area (Å²) in [6.07, 6.45) is 1.02. The van der Waals surface area contributed by atoms with Gasteiger partial charge in [-0.15, -0.1) is 4.40 Å². The van der Waals surface area contributed by atoms with Gasteiger partial charge in [0.05, 0.1) is 29.1 Å². The van der Waals surface area contributed by atoms with Gasteiger partial charge in [-0.25, -0.2) is 17.4 Å². The zero-order valence-electron chi connectivity index (χ0n) is 17.4. The van der Waals surface area contributed by atoms with Crippen molar-refractivity contribution in [2.24, 2.45) is 7.60 Å². The van der Waals surface area contributed by atoms with Gasteiger partial charge in [-0.3, -0.25) is 0 Å². The van der Waals surface area contributed by atoms with Crippen LogP contribution in [0.1, 0.15) is 19.5 Å². The zero-order valence-corrected chi connectivity index (χ0v) is 20.4. The van der Waals surface area contributed by atoms with Gasteiger partial charge in [0.2, 0.25) is 11.8 Å². The summed E-state index contributed by atoms with van der Waals surface area (Å²) < 4.78 is 48.9. The van der Waals surface area contributed by atoms with Gasteiger partial charge in [-0.1, -0.05) is 5.46 Å². The topological polar surface area (TPSA) is 146 Å². The first-order valence-corrected chi connectivity index (χ1v) is 12.0. The summed E-state index contributed by atoms with van der Waals surface area (Å²) in [6, 6.07) is 4.58. The summed E-state index contributed by atoms with van der Waals surface area (Å²) in [7, 11) is -1.89. The molecule has 0 unspecified atom stereocenters. The van der Waals surface area contributed by atoms with Crippen molar-refractivity contribution in [1.29, 1.82) is 0 Å². The molecule has 2 aromatic rings. The van der Waals surface area contributed by atoms with Gasteiger partial charge in [0, 0.05) is 24.8 Å². The Labute approximate surface area is 194 Å². The molecule has 0 radical (unpaired) electrons. The fourth-order valence-electron chi connectivity index (χ4n) is 2.35. The molecule has 0 saturated heterocycles. The number of halogens is 2. The van der Waals surface area contributed by atoms with Crippen molar-refractivity contribution in [1.82, 2.24) is 20.9 Å². The van der Waals surface area contributed by atoms with E-state index < -0.39 is 10.0 Å². The van der Waals surface area contributed by atoms with Crippen LogP contribution in [0.3, 0.4) is 0 Å². The smallest absolute Gasteiger partial charge is 0.253 e. The number of benzene rings is 1. The number of hydrogen-bond acceptors (Lipinski definition) is 7. The van der Waals surface area contributed by atoms with Crippen LogP contribution in [0.4, 0.5) is 15.9 Å². The van der Waals surface area contributed by atoms with E-state index in [9.17, 15) is 12.8 Å². The predicted molar refractivity (Wildman–Crippen MR) is 130 cm³/mol. The van der Waals surface area contributed by atoms with Gasteiger partial charge in [-0.05, 0) is 42.4 Å². The molecule has 168 valence electrons. The Bertz CT molecular complexity index is 1060. The van der Waals surface area contributed by atoms with Gasteiger partial charge in [-0.2, -0.15) is 3.21 Å². The molecule has 31 heavy (non-hydrogen) atoms. The fourth-order valence-corrected chi connectivity index (χ4v) is 3.15. The standard InChI is InChI=1S/C16H23BFIN8O3S/c1-9(2)22-16(27-31(3,28)29)21-7-6-20-14-13(25-30-26-14)15(24-19)23-10-4-5-12(18)11(17)8-10/h4-5,8-9H,6-7,17H2,1-3H3,(H,20,26)(H,23,24)(H2,21,22,27). The normalized spacial score (nSPS) is 12.7. The lowest BCUT2D eigenvalue weighted by molar-refractivity contribution is 0.308. The van der Waals surface area contributed by atoms with Crippen LogP contribution in [0.2, 0.25) is 0 Å². The quantitative estimate of drug-likeness (QED) is 0.114. The van der Waals surface area contributed by atoms with E-state index in [-0.39, 0.29) is 17.8 Å². The highest BCUT2D eigenvalue weighted by atomic mass is 127. The summed E-state index contributed by atoms with van der Waals surface area (Å²) in [4.78, 5) is 0. The molecular weight excluding hydrogens is 541 g/mol. The van der Waals surface area contributed by atoms with Crippen molar-refractivity contribution >= 4 is 69.5 Å². The van der Waals surface area contributed by atoms with Crippen LogP contribution in [0, 0.1) is 5.82 Å². The fraction of sp³-hybridized carbons (Fsp3) is 0.375. The van der Waals surface area contributed by atoms with Crippen molar-refractivity contribution in [2.45, 2.75) is 19.9 Å². The van der Waals surface area contributed by atoms with Gasteiger partial charge >= 0.3 is 0 Å². The van der Waals surface area contributed by atoms with E-state index in [0.29, 0.717) is 41.6 Å². The second kappa shape index (κ2) is 11.3. The molecule has 15 heteroatoms. The van der Waals surface area contributed by atoms with Crippen LogP contribution in [-0.2, 0) is 10.0 Å². The molecule has 11 nitrogen and oxygen atoms in total. The molecule has 0 bridgehead atoms. The highest BCUT2D eigenvalue weighted by Gasteiger charge is 2.17. The molecule has 0 aliphatic heterocycles. The van der Waals surface area contributed by atoms with Crippen molar-refractivity contribution < 1.29 is 17.4 Å². The number of aromatic nitrogens is 2. The van der Waals surface area contributed by atoms with Crippen LogP contribution in [0.5, 0.6) is 0 Å². The Morgan fingerprint density at radius 1 is 1.32 bits per heavy atom. The molecule has 0 fully saturated rings. The Morgan fingerprint density at radius 3 is 2.68 bits per heavy atom. The van der Waals surface area contributed by atoms with Crippen molar-refractivity contribution in [2.75, 3.05) is 30.0 Å². The third-order valence-electron chi connectivity index (χ3n) is 3.61. The number of sulfonamides is 1. The van der Waals surface area contributed by atoms with E-state index in [1.807, 2.05) is 36.7 Å². The molecule has 0 aliphatic rings. The first-order chi connectivity index (χ1) is 14.6. The Morgan fingerprint density at radius 2 is 2.06 bits per heavy atom. The minimum atomic E-state index is -3.55. The molecular formula is C16H23BFIN8O3S. The van der Waals surface area contributed by atoms with Gasteiger partial charge in [0.15, 0.2) is 11.5 Å². The molecule has 4 N–H and O–H groups in total. The molecule has 0 aliphatic carbocycles. The van der Waals surface area contributed by atoms with Gasteiger partial charge in [0.1, 0.15) is 13.7 Å². The third kappa shape index (κ3) is 8.31. The molecule has 1 aromatic heterocycles. The molecule has 2 rings (SSSR count). The number of guanidine groups is 1. The summed E-state index contributed by atoms with van der Waals surface area (Å²) in [6.45, 7) is 4.42. The first kappa shape index (κ1) is 24.8. The predicted octanol–water partition coefficient (Wildman–Crippen LogP) is -0.00910.